The molecule has 2 saturated carbocycles. The van der Waals surface area contributed by atoms with Gasteiger partial charge in [0.1, 0.15) is 0 Å². The quantitative estimate of drug-likeness (QED) is 0.349. The van der Waals surface area contributed by atoms with Crippen molar-refractivity contribution in [3.05, 3.63) is 80.2 Å². The van der Waals surface area contributed by atoms with Crippen LogP contribution in [0.5, 0.6) is 0 Å². The van der Waals surface area contributed by atoms with Crippen LogP contribution in [0.3, 0.4) is 0 Å². The number of hydrogen-bond donors (Lipinski definition) is 0. The Kier molecular flexibility index (Phi) is 12.3. The van der Waals surface area contributed by atoms with E-state index in [9.17, 15) is 0 Å². The summed E-state index contributed by atoms with van der Waals surface area (Å²) in [5, 5.41) is 0. The van der Waals surface area contributed by atoms with Gasteiger partial charge in [-0.1, -0.05) is 0 Å². The molecule has 3 heteroatoms. The van der Waals surface area contributed by atoms with Crippen LogP contribution in [0, 0.1) is 11.8 Å². The first-order valence-corrected chi connectivity index (χ1v) is 21.3. The fraction of sp³-hybridized carbons (Fsp3) is 0.585. The van der Waals surface area contributed by atoms with Gasteiger partial charge in [0.2, 0.25) is 0 Å². The van der Waals surface area contributed by atoms with Crippen LogP contribution in [0.1, 0.15) is 151 Å². The summed E-state index contributed by atoms with van der Waals surface area (Å²) >= 11 is -2.34. The summed E-state index contributed by atoms with van der Waals surface area (Å²) in [6.07, 6.45) is 26.3. The van der Waals surface area contributed by atoms with Crippen molar-refractivity contribution in [3.63, 3.8) is 0 Å². The van der Waals surface area contributed by atoms with Gasteiger partial charge in [-0.3, -0.25) is 0 Å². The van der Waals surface area contributed by atoms with Crippen LogP contribution in [0.25, 0.3) is 11.1 Å². The van der Waals surface area contributed by atoms with E-state index in [1.54, 1.807) is 22.3 Å². The molecule has 0 nitrogen and oxygen atoms in total. The SMILES string of the molecule is CC(C)(C)c1ccc2c(c1)[CH]([Zr+2]([C]1=CC=CC1)=[C](CC1CCCCC1)CC1CCCCC1)c1cc(C(C)(C)C)ccc1-2.[Cl-].[Cl-]. The second-order valence-corrected chi connectivity index (χ2v) is 23.1. The van der Waals surface area contributed by atoms with Crippen molar-refractivity contribution >= 4 is 3.21 Å². The van der Waals surface area contributed by atoms with Crippen molar-refractivity contribution in [3.8, 4) is 11.1 Å². The predicted molar refractivity (Wildman–Crippen MR) is 180 cm³/mol. The molecule has 0 bridgehead atoms. The maximum Gasteiger partial charge on any atom is -1.00 e. The maximum atomic E-state index is 2.68. The van der Waals surface area contributed by atoms with Gasteiger partial charge in [-0.05, 0) is 0 Å². The minimum Gasteiger partial charge on any atom is -1.00 e. The number of hydrogen-bond acceptors (Lipinski definition) is 0. The molecule has 4 aliphatic rings. The molecule has 0 heterocycles. The molecular weight excluding hydrogens is 655 g/mol. The van der Waals surface area contributed by atoms with Crippen molar-refractivity contribution in [2.24, 2.45) is 11.8 Å². The average Bonchev–Trinajstić information content (AvgIpc) is 3.60. The molecule has 0 aromatic heterocycles. The summed E-state index contributed by atoms with van der Waals surface area (Å²) in [5.41, 5.74) is 9.82. The van der Waals surface area contributed by atoms with Crippen molar-refractivity contribution in [2.45, 2.75) is 139 Å². The molecule has 238 valence electrons. The van der Waals surface area contributed by atoms with E-state index in [1.807, 2.05) is 3.28 Å². The molecule has 0 unspecified atom stereocenters. The zero-order valence-electron chi connectivity index (χ0n) is 28.4. The number of benzene rings is 2. The van der Waals surface area contributed by atoms with Crippen molar-refractivity contribution in [1.82, 2.24) is 0 Å². The molecule has 44 heavy (non-hydrogen) atoms. The Morgan fingerprint density at radius 3 is 1.50 bits per heavy atom. The third-order valence-corrected chi connectivity index (χ3v) is 19.5. The van der Waals surface area contributed by atoms with Gasteiger partial charge in [-0.15, -0.1) is 0 Å². The van der Waals surface area contributed by atoms with Gasteiger partial charge in [0.05, 0.1) is 0 Å². The fourth-order valence-electron chi connectivity index (χ4n) is 8.55. The number of halogens is 2. The minimum atomic E-state index is -2.34. The summed E-state index contributed by atoms with van der Waals surface area (Å²) in [7, 11) is 0. The standard InChI is InChI=1S/C21H25.C15H26.C5H5.2ClH.Zr/c1-20(2,3)16-7-9-18-14(12-16)11-15-13-17(21(4,5)6)8-10-19(15)18;1-3-8-14(9-4-1)12-7-13-15-10-5-2-6-11-15;1-2-4-5-3-1;;;/h7-13H,1-6H3;14-15H,1-6,8-13H2;1-3H,4H2;2*1H;/q;;;;;+2/p-2. The Morgan fingerprint density at radius 2 is 1.11 bits per heavy atom. The molecule has 0 radical (unpaired) electrons. The molecule has 0 atom stereocenters. The molecule has 0 spiro atoms. The van der Waals surface area contributed by atoms with E-state index in [0.717, 1.165) is 11.8 Å². The third-order valence-electron chi connectivity index (χ3n) is 11.1. The Morgan fingerprint density at radius 1 is 0.659 bits per heavy atom. The molecule has 2 fully saturated rings. The first-order valence-electron chi connectivity index (χ1n) is 17.5. The first-order chi connectivity index (χ1) is 20.1. The van der Waals surface area contributed by atoms with Crippen LogP contribution >= 0.6 is 0 Å². The first kappa shape index (κ1) is 36.1. The van der Waals surface area contributed by atoms with E-state index < -0.39 is 21.3 Å². The van der Waals surface area contributed by atoms with Crippen molar-refractivity contribution in [1.29, 1.82) is 0 Å². The number of rotatable bonds is 6. The zero-order chi connectivity index (χ0) is 29.5. The van der Waals surface area contributed by atoms with E-state index in [1.165, 1.54) is 94.6 Å². The third kappa shape index (κ3) is 7.85. The van der Waals surface area contributed by atoms with Gasteiger partial charge in [0.15, 0.2) is 0 Å². The Balaban J connectivity index is 0.00000221. The van der Waals surface area contributed by atoms with Crippen LogP contribution in [0.15, 0.2) is 57.9 Å². The molecule has 4 aliphatic carbocycles. The summed E-state index contributed by atoms with van der Waals surface area (Å²) < 4.78 is 4.61. The van der Waals surface area contributed by atoms with E-state index in [2.05, 4.69) is 99.4 Å². The zero-order valence-corrected chi connectivity index (χ0v) is 32.3. The van der Waals surface area contributed by atoms with Crippen LogP contribution in [-0.4, -0.2) is 3.21 Å². The van der Waals surface area contributed by atoms with E-state index >= 15 is 0 Å². The van der Waals surface area contributed by atoms with E-state index in [-0.39, 0.29) is 35.6 Å². The van der Waals surface area contributed by atoms with Crippen LogP contribution in [0.2, 0.25) is 0 Å². The molecule has 0 amide bonds. The van der Waals surface area contributed by atoms with Gasteiger partial charge in [0, 0.05) is 0 Å². The van der Waals surface area contributed by atoms with Gasteiger partial charge in [-0.25, -0.2) is 0 Å². The number of allylic oxidation sites excluding steroid dienone is 4. The topological polar surface area (TPSA) is 0 Å². The summed E-state index contributed by atoms with van der Waals surface area (Å²) in [4.78, 5) is 0. The van der Waals surface area contributed by atoms with Gasteiger partial charge >= 0.3 is 267 Å². The van der Waals surface area contributed by atoms with Gasteiger partial charge < -0.3 is 24.8 Å². The predicted octanol–water partition coefficient (Wildman–Crippen LogP) is 5.93. The average molecular weight is 711 g/mol. The maximum absolute atomic E-state index is 2.68. The fourth-order valence-corrected chi connectivity index (χ4v) is 18.3. The van der Waals surface area contributed by atoms with Crippen molar-refractivity contribution in [2.75, 3.05) is 0 Å². The largest absolute Gasteiger partial charge is 1.00 e. The molecule has 2 aromatic carbocycles. The summed E-state index contributed by atoms with van der Waals surface area (Å²) in [6.45, 7) is 14.4. The molecule has 6 rings (SSSR count). The summed E-state index contributed by atoms with van der Waals surface area (Å²) in [6, 6.07) is 15.3. The normalized spacial score (nSPS) is 18.9. The van der Waals surface area contributed by atoms with Crippen molar-refractivity contribution < 1.29 is 46.1 Å². The molecule has 0 saturated heterocycles. The second-order valence-electron chi connectivity index (χ2n) is 16.3. The molecular formula is C41H56Cl2Zr. The van der Waals surface area contributed by atoms with Crippen LogP contribution in [0.4, 0.5) is 0 Å². The molecule has 0 N–H and O–H groups in total. The van der Waals surface area contributed by atoms with Crippen LogP contribution < -0.4 is 24.8 Å². The van der Waals surface area contributed by atoms with E-state index in [4.69, 9.17) is 0 Å². The van der Waals surface area contributed by atoms with Gasteiger partial charge in [0.25, 0.3) is 0 Å². The Hall–Kier alpha value is -0.747. The minimum absolute atomic E-state index is 0. The number of fused-ring (bicyclic) bond motifs is 3. The Bertz CT molecular complexity index is 1300. The Labute approximate surface area is 289 Å². The smallest absolute Gasteiger partial charge is 1.00 e. The van der Waals surface area contributed by atoms with E-state index in [0.29, 0.717) is 3.63 Å². The summed E-state index contributed by atoms with van der Waals surface area (Å²) in [5.74, 6) is 1.87. The monoisotopic (exact) mass is 708 g/mol. The van der Waals surface area contributed by atoms with Crippen LogP contribution in [-0.2, 0) is 32.1 Å². The molecule has 2 aromatic rings. The molecule has 0 aliphatic heterocycles. The van der Waals surface area contributed by atoms with Gasteiger partial charge in [-0.2, -0.15) is 0 Å². The second kappa shape index (κ2) is 15.0.